The molecule has 2 unspecified atom stereocenters. The second-order valence-corrected chi connectivity index (χ2v) is 12.2. The number of H-pyrrole nitrogens is 3. The Balaban J connectivity index is 0.000000177. The van der Waals surface area contributed by atoms with Crippen LogP contribution >= 0.6 is 0 Å². The third-order valence-electron chi connectivity index (χ3n) is 8.57. The standard InChI is InChI=1S/C14H15N3O4.C14H16N2O2.C11H11N/c1-3-8-4-5-11-12(13(8)17(20)21)9(7(2)16-11)6-10(15)14(18)19;1-3-9-4-5-13-11(6-9)10(8(2)16-13)7-12(15)14(17)18;1-3-9-4-5-11-10(7-9)6-8(2)12-11/h3-5,10,16H,1,6,15H2,2H3,(H,18,19);3-6,12,16H,1,7,15H2,2H3,(H,17,18);3-7,12H,1H2,2H3. The van der Waals surface area contributed by atoms with Gasteiger partial charge in [-0.15, -0.1) is 0 Å². The van der Waals surface area contributed by atoms with E-state index < -0.39 is 28.9 Å². The number of nitrogens with two attached hydrogens (primary N) is 2. The van der Waals surface area contributed by atoms with Crippen LogP contribution in [0.2, 0.25) is 0 Å². The van der Waals surface area contributed by atoms with Gasteiger partial charge < -0.3 is 36.6 Å². The Hall–Kier alpha value is -6.24. The predicted octanol–water partition coefficient (Wildman–Crippen LogP) is 7.17. The maximum atomic E-state index is 11.4. The smallest absolute Gasteiger partial charge is 0.320 e. The van der Waals surface area contributed by atoms with E-state index in [1.54, 1.807) is 25.1 Å². The summed E-state index contributed by atoms with van der Waals surface area (Å²) in [6.45, 7) is 16.8. The Kier molecular flexibility index (Phi) is 11.8. The highest BCUT2D eigenvalue weighted by Gasteiger charge is 2.25. The van der Waals surface area contributed by atoms with Crippen molar-refractivity contribution in [1.29, 1.82) is 0 Å². The molecule has 6 rings (SSSR count). The molecule has 0 amide bonds. The van der Waals surface area contributed by atoms with E-state index in [9.17, 15) is 19.7 Å². The van der Waals surface area contributed by atoms with Crippen molar-refractivity contribution < 1.29 is 24.7 Å². The van der Waals surface area contributed by atoms with Crippen LogP contribution in [0.5, 0.6) is 0 Å². The number of aromatic amines is 3. The molecular formula is C39H42N6O6. The molecule has 12 heteroatoms. The second-order valence-electron chi connectivity index (χ2n) is 12.2. The fourth-order valence-corrected chi connectivity index (χ4v) is 5.93. The maximum absolute atomic E-state index is 11.4. The lowest BCUT2D eigenvalue weighted by Crippen LogP contribution is -2.32. The molecule has 0 aliphatic rings. The van der Waals surface area contributed by atoms with Crippen LogP contribution in [0.3, 0.4) is 0 Å². The van der Waals surface area contributed by atoms with Crippen LogP contribution in [0.25, 0.3) is 50.9 Å². The van der Waals surface area contributed by atoms with Crippen LogP contribution in [0.1, 0.15) is 44.9 Å². The van der Waals surface area contributed by atoms with Gasteiger partial charge in [0.05, 0.1) is 21.4 Å². The molecule has 2 atom stereocenters. The molecule has 0 aliphatic carbocycles. The van der Waals surface area contributed by atoms with Gasteiger partial charge in [0.1, 0.15) is 12.1 Å². The number of hydrogen-bond donors (Lipinski definition) is 7. The van der Waals surface area contributed by atoms with Gasteiger partial charge in [0.25, 0.3) is 5.69 Å². The Morgan fingerprint density at radius 3 is 1.86 bits per heavy atom. The molecule has 3 aromatic heterocycles. The molecule has 3 heterocycles. The number of aromatic nitrogens is 3. The second kappa shape index (κ2) is 16.0. The zero-order chi connectivity index (χ0) is 37.6. The van der Waals surface area contributed by atoms with Crippen LogP contribution in [-0.2, 0) is 22.4 Å². The quantitative estimate of drug-likeness (QED) is 0.0576. The third kappa shape index (κ3) is 8.50. The lowest BCUT2D eigenvalue weighted by atomic mass is 9.99. The number of nitrogens with zero attached hydrogens (tertiary/aromatic N) is 1. The first-order valence-corrected chi connectivity index (χ1v) is 16.0. The van der Waals surface area contributed by atoms with Crippen molar-refractivity contribution in [1.82, 2.24) is 15.0 Å². The first kappa shape index (κ1) is 37.6. The van der Waals surface area contributed by atoms with E-state index in [0.29, 0.717) is 34.1 Å². The van der Waals surface area contributed by atoms with Crippen molar-refractivity contribution in [3.05, 3.63) is 129 Å². The number of nitrogens with one attached hydrogen (secondary N) is 3. The highest BCUT2D eigenvalue weighted by molar-refractivity contribution is 5.97. The van der Waals surface area contributed by atoms with Gasteiger partial charge in [-0.25, -0.2) is 0 Å². The third-order valence-corrected chi connectivity index (χ3v) is 8.57. The van der Waals surface area contributed by atoms with Gasteiger partial charge in [0.2, 0.25) is 0 Å². The molecule has 0 fully saturated rings. The molecule has 9 N–H and O–H groups in total. The first-order valence-electron chi connectivity index (χ1n) is 16.0. The SMILES string of the molecule is C=Cc1ccc2[nH]c(C)c(CC(N)C(=O)O)c2c1.C=Cc1ccc2[nH]c(C)c(CC(N)C(=O)O)c2c1[N+](=O)[O-].C=Cc1ccc2[nH]c(C)cc2c1. The van der Waals surface area contributed by atoms with E-state index in [-0.39, 0.29) is 12.1 Å². The van der Waals surface area contributed by atoms with E-state index in [4.69, 9.17) is 21.7 Å². The minimum absolute atomic E-state index is 0.0165. The average Bonchev–Trinajstić information content (AvgIpc) is 3.74. The van der Waals surface area contributed by atoms with E-state index >= 15 is 0 Å². The number of hydrogen-bond acceptors (Lipinski definition) is 6. The predicted molar refractivity (Wildman–Crippen MR) is 205 cm³/mol. The molecule has 0 bridgehead atoms. The summed E-state index contributed by atoms with van der Waals surface area (Å²) in [5.74, 6) is -2.13. The van der Waals surface area contributed by atoms with Crippen molar-refractivity contribution in [3.63, 3.8) is 0 Å². The molecule has 3 aromatic carbocycles. The fraction of sp³-hybridized carbons (Fsp3) is 0.179. The van der Waals surface area contributed by atoms with Crippen molar-refractivity contribution in [2.75, 3.05) is 0 Å². The maximum Gasteiger partial charge on any atom is 0.320 e. The lowest BCUT2D eigenvalue weighted by Gasteiger charge is -2.07. The summed E-state index contributed by atoms with van der Waals surface area (Å²) in [7, 11) is 0. The van der Waals surface area contributed by atoms with Crippen LogP contribution in [-0.4, -0.2) is 54.1 Å². The van der Waals surface area contributed by atoms with Crippen LogP contribution in [0, 0.1) is 30.9 Å². The monoisotopic (exact) mass is 690 g/mol. The number of carboxylic acid groups (broad SMARTS) is 2. The molecule has 0 radical (unpaired) electrons. The van der Waals surface area contributed by atoms with Gasteiger partial charge in [-0.05, 0) is 85.5 Å². The topological polar surface area (TPSA) is 217 Å². The largest absolute Gasteiger partial charge is 0.480 e. The summed E-state index contributed by atoms with van der Waals surface area (Å²) in [6.07, 6.45) is 5.37. The number of nitro benzene ring substituents is 1. The Bertz CT molecular complexity index is 2290. The van der Waals surface area contributed by atoms with Gasteiger partial charge in [-0.1, -0.05) is 50.1 Å². The van der Waals surface area contributed by atoms with Crippen LogP contribution < -0.4 is 11.5 Å². The zero-order valence-electron chi connectivity index (χ0n) is 28.7. The van der Waals surface area contributed by atoms with E-state index in [2.05, 4.69) is 65.9 Å². The van der Waals surface area contributed by atoms with Gasteiger partial charge >= 0.3 is 11.9 Å². The molecular weight excluding hydrogens is 648 g/mol. The minimum atomic E-state index is -1.15. The van der Waals surface area contributed by atoms with Crippen LogP contribution in [0.4, 0.5) is 5.69 Å². The number of aryl methyl sites for hydroxylation is 3. The Labute approximate surface area is 294 Å². The van der Waals surface area contributed by atoms with Gasteiger partial charge in [-0.2, -0.15) is 0 Å². The normalized spacial score (nSPS) is 11.9. The summed E-state index contributed by atoms with van der Waals surface area (Å²) < 4.78 is 0. The van der Waals surface area contributed by atoms with Crippen molar-refractivity contribution >= 4 is 68.6 Å². The van der Waals surface area contributed by atoms with Gasteiger partial charge in [-0.3, -0.25) is 19.7 Å². The summed E-state index contributed by atoms with van der Waals surface area (Å²) >= 11 is 0. The van der Waals surface area contributed by atoms with Crippen molar-refractivity contribution in [2.45, 2.75) is 45.7 Å². The summed E-state index contributed by atoms with van der Waals surface area (Å²) in [6, 6.07) is 15.7. The fourth-order valence-electron chi connectivity index (χ4n) is 5.93. The van der Waals surface area contributed by atoms with E-state index in [1.807, 2.05) is 31.2 Å². The average molecular weight is 691 g/mol. The number of benzene rings is 3. The van der Waals surface area contributed by atoms with Gasteiger partial charge in [0, 0.05) is 51.7 Å². The van der Waals surface area contributed by atoms with Gasteiger partial charge in [0.15, 0.2) is 0 Å². The molecule has 0 saturated heterocycles. The zero-order valence-corrected chi connectivity index (χ0v) is 28.7. The number of nitro groups is 1. The summed E-state index contributed by atoms with van der Waals surface area (Å²) in [5, 5.41) is 31.9. The molecule has 6 aromatic rings. The first-order chi connectivity index (χ1) is 24.2. The molecule has 0 saturated carbocycles. The molecule has 264 valence electrons. The number of carbonyl (C=O) groups is 2. The Morgan fingerprint density at radius 2 is 1.29 bits per heavy atom. The van der Waals surface area contributed by atoms with Crippen molar-refractivity contribution in [2.24, 2.45) is 11.5 Å². The number of carboxylic acids is 2. The number of aliphatic carboxylic acids is 2. The highest BCUT2D eigenvalue weighted by atomic mass is 16.6. The van der Waals surface area contributed by atoms with Crippen molar-refractivity contribution in [3.8, 4) is 0 Å². The summed E-state index contributed by atoms with van der Waals surface area (Å²) in [5.41, 5.74) is 20.8. The van der Waals surface area contributed by atoms with E-state index in [0.717, 1.165) is 27.7 Å². The van der Waals surface area contributed by atoms with E-state index in [1.165, 1.54) is 28.2 Å². The highest BCUT2D eigenvalue weighted by Crippen LogP contribution is 2.35. The molecule has 0 aliphatic heterocycles. The molecule has 0 spiro atoms. The lowest BCUT2D eigenvalue weighted by molar-refractivity contribution is -0.383. The molecule has 12 nitrogen and oxygen atoms in total. The minimum Gasteiger partial charge on any atom is -0.480 e. The number of fused-ring (bicyclic) bond motifs is 3. The molecule has 51 heavy (non-hydrogen) atoms. The van der Waals surface area contributed by atoms with Crippen LogP contribution in [0.15, 0.2) is 74.3 Å². The Morgan fingerprint density at radius 1 is 0.765 bits per heavy atom. The number of rotatable bonds is 10. The summed E-state index contributed by atoms with van der Waals surface area (Å²) in [4.78, 5) is 42.2.